The molecule has 0 unspecified atom stereocenters. The fraction of sp³-hybridized carbons (Fsp3) is 0.375. The lowest BCUT2D eigenvalue weighted by atomic mass is 9.94. The zero-order valence-electron chi connectivity index (χ0n) is 18.7. The first kappa shape index (κ1) is 23.4. The molecule has 2 aromatic carbocycles. The number of aryl methyl sites for hydroxylation is 1. The van der Waals surface area contributed by atoms with Crippen molar-refractivity contribution in [3.05, 3.63) is 39.6 Å². The third-order valence-electron chi connectivity index (χ3n) is 5.48. The van der Waals surface area contributed by atoms with Gasteiger partial charge in [-0.3, -0.25) is 4.79 Å². The number of fused-ring (bicyclic) bond motifs is 3. The number of hydrogen-bond acceptors (Lipinski definition) is 7. The molecule has 32 heavy (non-hydrogen) atoms. The number of methoxy groups -OCH3 is 1. The Bertz CT molecular complexity index is 1290. The number of phenols is 2. The highest BCUT2D eigenvalue weighted by Crippen LogP contribution is 2.43. The quantitative estimate of drug-likeness (QED) is 0.524. The van der Waals surface area contributed by atoms with Crippen LogP contribution in [0.3, 0.4) is 0 Å². The summed E-state index contributed by atoms with van der Waals surface area (Å²) in [7, 11) is 1.40. The van der Waals surface area contributed by atoms with Crippen molar-refractivity contribution in [3.63, 3.8) is 0 Å². The maximum Gasteiger partial charge on any atom is 0.204 e. The minimum Gasteiger partial charge on any atom is -0.506 e. The van der Waals surface area contributed by atoms with Gasteiger partial charge in [0.15, 0.2) is 11.5 Å². The number of phenolic OH excluding ortho intramolecular Hbond substituents is 2. The van der Waals surface area contributed by atoms with Crippen LogP contribution in [-0.2, 0) is 6.42 Å². The lowest BCUT2D eigenvalue weighted by Crippen LogP contribution is -2.27. The summed E-state index contributed by atoms with van der Waals surface area (Å²) in [5.41, 5.74) is -0.873. The molecule has 8 heteroatoms. The van der Waals surface area contributed by atoms with Crippen molar-refractivity contribution in [2.45, 2.75) is 51.7 Å². The Labute approximate surface area is 184 Å². The fourth-order valence-corrected chi connectivity index (χ4v) is 3.93. The summed E-state index contributed by atoms with van der Waals surface area (Å²) in [5, 5.41) is 31.8. The number of ether oxygens (including phenoxy) is 2. The van der Waals surface area contributed by atoms with Gasteiger partial charge < -0.3 is 34.7 Å². The summed E-state index contributed by atoms with van der Waals surface area (Å²) in [5.74, 6) is 0.145. The summed E-state index contributed by atoms with van der Waals surface area (Å²) in [6.07, 6.45) is 4.11. The van der Waals surface area contributed by atoms with E-state index in [0.717, 1.165) is 0 Å². The molecular weight excluding hydrogens is 416 g/mol. The SMILES string of the molecule is COc1c(O)cc2oc3cc4c(c(O)c3c(=O)c2c1CCC(C)(C)O)C=CC(C)(C)O4.O. The lowest BCUT2D eigenvalue weighted by molar-refractivity contribution is 0.0713. The molecule has 0 amide bonds. The van der Waals surface area contributed by atoms with Crippen LogP contribution in [0.2, 0.25) is 0 Å². The van der Waals surface area contributed by atoms with Gasteiger partial charge in [0.05, 0.1) is 23.7 Å². The van der Waals surface area contributed by atoms with Crippen LogP contribution in [0.15, 0.2) is 27.4 Å². The number of aliphatic hydroxyl groups is 1. The van der Waals surface area contributed by atoms with Crippen LogP contribution >= 0.6 is 0 Å². The summed E-state index contributed by atoms with van der Waals surface area (Å²) < 4.78 is 17.2. The summed E-state index contributed by atoms with van der Waals surface area (Å²) in [6.45, 7) is 7.08. The molecule has 8 nitrogen and oxygen atoms in total. The predicted molar refractivity (Wildman–Crippen MR) is 122 cm³/mol. The Kier molecular flexibility index (Phi) is 5.65. The molecule has 5 N–H and O–H groups in total. The third kappa shape index (κ3) is 3.87. The van der Waals surface area contributed by atoms with Crippen molar-refractivity contribution in [2.75, 3.05) is 7.11 Å². The van der Waals surface area contributed by atoms with Gasteiger partial charge in [-0.15, -0.1) is 0 Å². The van der Waals surface area contributed by atoms with E-state index in [-0.39, 0.29) is 51.1 Å². The maximum atomic E-state index is 13.6. The van der Waals surface area contributed by atoms with Crippen molar-refractivity contribution in [1.82, 2.24) is 0 Å². The molecule has 2 heterocycles. The molecular formula is C24H28O8. The number of rotatable bonds is 4. The van der Waals surface area contributed by atoms with Gasteiger partial charge in [0.25, 0.3) is 0 Å². The van der Waals surface area contributed by atoms with Crippen LogP contribution in [0.5, 0.6) is 23.0 Å². The molecule has 0 bridgehead atoms. The summed E-state index contributed by atoms with van der Waals surface area (Å²) in [6, 6.07) is 2.90. The molecule has 0 aliphatic carbocycles. The number of benzene rings is 2. The molecule has 0 radical (unpaired) electrons. The predicted octanol–water partition coefficient (Wildman–Crippen LogP) is 3.43. The van der Waals surface area contributed by atoms with Gasteiger partial charge in [-0.2, -0.15) is 0 Å². The topological polar surface area (TPSA) is 141 Å². The van der Waals surface area contributed by atoms with Gasteiger partial charge >= 0.3 is 0 Å². The first-order valence-electron chi connectivity index (χ1n) is 10.1. The second-order valence-electron chi connectivity index (χ2n) is 9.07. The minimum absolute atomic E-state index is 0. The van der Waals surface area contributed by atoms with E-state index in [1.54, 1.807) is 32.1 Å². The molecule has 1 aromatic heterocycles. The van der Waals surface area contributed by atoms with E-state index >= 15 is 0 Å². The molecule has 172 valence electrons. The standard InChI is InChI=1S/C24H26O7.H2O/c1-23(2,28)8-6-13-18-16(10-14(25)22(13)29-5)30-17-11-15-12(7-9-24(3,4)31-15)20(26)19(17)21(18)27;/h7,9-11,25-26,28H,6,8H2,1-5H3;1H2. The van der Waals surface area contributed by atoms with E-state index in [9.17, 15) is 20.1 Å². The smallest absolute Gasteiger partial charge is 0.204 e. The molecule has 0 fully saturated rings. The average Bonchev–Trinajstić information content (AvgIpc) is 2.64. The fourth-order valence-electron chi connectivity index (χ4n) is 3.93. The van der Waals surface area contributed by atoms with Crippen molar-refractivity contribution in [2.24, 2.45) is 0 Å². The van der Waals surface area contributed by atoms with Crippen molar-refractivity contribution in [3.8, 4) is 23.0 Å². The molecule has 3 aromatic rings. The van der Waals surface area contributed by atoms with E-state index in [0.29, 0.717) is 23.3 Å². The number of hydrogen-bond donors (Lipinski definition) is 3. The van der Waals surface area contributed by atoms with Crippen LogP contribution in [0.1, 0.15) is 45.2 Å². The first-order valence-corrected chi connectivity index (χ1v) is 10.1. The van der Waals surface area contributed by atoms with E-state index in [4.69, 9.17) is 13.9 Å². The lowest BCUT2D eigenvalue weighted by Gasteiger charge is -2.28. The zero-order chi connectivity index (χ0) is 22.7. The van der Waals surface area contributed by atoms with E-state index in [2.05, 4.69) is 0 Å². The molecule has 0 saturated carbocycles. The summed E-state index contributed by atoms with van der Waals surface area (Å²) in [4.78, 5) is 13.6. The van der Waals surface area contributed by atoms with Crippen LogP contribution in [0.4, 0.5) is 0 Å². The van der Waals surface area contributed by atoms with Gasteiger partial charge in [-0.05, 0) is 52.7 Å². The van der Waals surface area contributed by atoms with Crippen LogP contribution in [0.25, 0.3) is 28.0 Å². The number of aromatic hydroxyl groups is 2. The van der Waals surface area contributed by atoms with Gasteiger partial charge in [0.2, 0.25) is 5.43 Å². The van der Waals surface area contributed by atoms with Crippen molar-refractivity contribution in [1.29, 1.82) is 0 Å². The van der Waals surface area contributed by atoms with Crippen LogP contribution in [-0.4, -0.2) is 39.1 Å². The van der Waals surface area contributed by atoms with Gasteiger partial charge in [0, 0.05) is 17.7 Å². The maximum absolute atomic E-state index is 13.6. The van der Waals surface area contributed by atoms with Gasteiger partial charge in [-0.1, -0.05) is 0 Å². The molecule has 0 atom stereocenters. The van der Waals surface area contributed by atoms with E-state index in [1.807, 2.05) is 13.8 Å². The van der Waals surface area contributed by atoms with Crippen molar-refractivity contribution >= 4 is 28.0 Å². The average molecular weight is 444 g/mol. The van der Waals surface area contributed by atoms with Gasteiger partial charge in [0.1, 0.15) is 33.7 Å². The Morgan fingerprint density at radius 3 is 2.41 bits per heavy atom. The van der Waals surface area contributed by atoms with E-state index in [1.165, 1.54) is 13.2 Å². The first-order chi connectivity index (χ1) is 14.4. The third-order valence-corrected chi connectivity index (χ3v) is 5.48. The highest BCUT2D eigenvalue weighted by atomic mass is 16.5. The molecule has 1 aliphatic rings. The Hall–Kier alpha value is -3.23. The monoisotopic (exact) mass is 444 g/mol. The molecule has 0 saturated heterocycles. The Balaban J connectivity index is 0.00000289. The largest absolute Gasteiger partial charge is 0.506 e. The molecule has 4 rings (SSSR count). The summed E-state index contributed by atoms with van der Waals surface area (Å²) >= 11 is 0. The molecule has 0 spiro atoms. The van der Waals surface area contributed by atoms with Crippen LogP contribution in [0, 0.1) is 0 Å². The molecule has 1 aliphatic heterocycles. The highest BCUT2D eigenvalue weighted by Gasteiger charge is 2.28. The zero-order valence-corrected chi connectivity index (χ0v) is 18.7. The van der Waals surface area contributed by atoms with Gasteiger partial charge in [-0.25, -0.2) is 0 Å². The second kappa shape index (κ2) is 7.72. The Morgan fingerprint density at radius 2 is 1.78 bits per heavy atom. The second-order valence-corrected chi connectivity index (χ2v) is 9.07. The van der Waals surface area contributed by atoms with Crippen LogP contribution < -0.4 is 14.9 Å². The highest BCUT2D eigenvalue weighted by molar-refractivity contribution is 5.99. The Morgan fingerprint density at radius 1 is 1.12 bits per heavy atom. The minimum atomic E-state index is -0.990. The normalized spacial score (nSPS) is 14.7. The van der Waals surface area contributed by atoms with E-state index < -0.39 is 16.6 Å². The van der Waals surface area contributed by atoms with Crippen molar-refractivity contribution < 1.29 is 34.7 Å².